The first-order valence-electron chi connectivity index (χ1n) is 14.5. The second-order valence-electron chi connectivity index (χ2n) is 10.8. The lowest BCUT2D eigenvalue weighted by molar-refractivity contribution is -0.140. The van der Waals surface area contributed by atoms with E-state index in [0.29, 0.717) is 12.1 Å². The van der Waals surface area contributed by atoms with Gasteiger partial charge in [-0.1, -0.05) is 99.0 Å². The van der Waals surface area contributed by atoms with Crippen molar-refractivity contribution in [1.29, 1.82) is 0 Å². The van der Waals surface area contributed by atoms with Crippen molar-refractivity contribution in [3.8, 4) is 0 Å². The smallest absolute Gasteiger partial charge is 0.244 e. The zero-order valence-corrected chi connectivity index (χ0v) is 24.9. The fourth-order valence-corrected chi connectivity index (χ4v) is 6.24. The number of rotatable bonds is 12. The zero-order valence-electron chi connectivity index (χ0n) is 24.0. The number of aryl methyl sites for hydroxylation is 1. The van der Waals surface area contributed by atoms with Crippen LogP contribution in [0, 0.1) is 0 Å². The van der Waals surface area contributed by atoms with E-state index >= 15 is 0 Å². The van der Waals surface area contributed by atoms with Crippen molar-refractivity contribution in [3.05, 3.63) is 102 Å². The highest BCUT2D eigenvalue weighted by Gasteiger charge is 2.34. The molecule has 3 aromatic rings. The summed E-state index contributed by atoms with van der Waals surface area (Å²) in [5.74, 6) is -0.637. The molecule has 41 heavy (non-hydrogen) atoms. The standard InChI is InChI=1S/C33H41N3O4S/c1-3-26-19-21-30(22-20-26)36(41(2,39)40)25-32(37)35(24-28-15-9-5-10-16-28)31(23-27-13-7-4-8-14-27)33(38)34-29-17-11-6-12-18-29/h4-5,7-10,13-16,19-22,29,31H,3,6,11-12,17-18,23-25H2,1-2H3,(H,34,38)/t31-/m1/s1. The number of carbonyl (C=O) groups is 2. The summed E-state index contributed by atoms with van der Waals surface area (Å²) in [7, 11) is -3.78. The molecule has 1 atom stereocenters. The molecule has 3 aromatic carbocycles. The summed E-state index contributed by atoms with van der Waals surface area (Å²) in [6.07, 6.45) is 7.40. The predicted octanol–water partition coefficient (Wildman–Crippen LogP) is 5.10. The number of benzene rings is 3. The Morgan fingerprint density at radius 3 is 1.98 bits per heavy atom. The van der Waals surface area contributed by atoms with Crippen molar-refractivity contribution < 1.29 is 18.0 Å². The van der Waals surface area contributed by atoms with E-state index in [1.54, 1.807) is 17.0 Å². The Morgan fingerprint density at radius 2 is 1.41 bits per heavy atom. The molecule has 1 aliphatic rings. The quantitative estimate of drug-likeness (QED) is 0.325. The Labute approximate surface area is 244 Å². The van der Waals surface area contributed by atoms with Crippen molar-refractivity contribution in [2.24, 2.45) is 0 Å². The highest BCUT2D eigenvalue weighted by Crippen LogP contribution is 2.22. The number of amides is 2. The van der Waals surface area contributed by atoms with Crippen LogP contribution in [-0.4, -0.2) is 50.0 Å². The SMILES string of the molecule is CCc1ccc(N(CC(=O)N(Cc2ccccc2)[C@H](Cc2ccccc2)C(=O)NC2CCCCC2)S(C)(=O)=O)cc1. The highest BCUT2D eigenvalue weighted by molar-refractivity contribution is 7.92. The van der Waals surface area contributed by atoms with Gasteiger partial charge in [-0.3, -0.25) is 13.9 Å². The lowest BCUT2D eigenvalue weighted by Gasteiger charge is -2.35. The van der Waals surface area contributed by atoms with E-state index in [0.717, 1.165) is 59.4 Å². The third kappa shape index (κ3) is 8.67. The summed E-state index contributed by atoms with van der Waals surface area (Å²) in [6, 6.07) is 25.6. The molecule has 1 saturated carbocycles. The van der Waals surface area contributed by atoms with Crippen LogP contribution in [0.4, 0.5) is 5.69 Å². The first kappa shape index (κ1) is 30.3. The molecule has 0 radical (unpaired) electrons. The molecule has 0 spiro atoms. The van der Waals surface area contributed by atoms with Crippen LogP contribution >= 0.6 is 0 Å². The van der Waals surface area contributed by atoms with Gasteiger partial charge in [-0.25, -0.2) is 8.42 Å². The van der Waals surface area contributed by atoms with Gasteiger partial charge in [0.15, 0.2) is 0 Å². The lowest BCUT2D eigenvalue weighted by atomic mass is 9.94. The van der Waals surface area contributed by atoms with Crippen molar-refractivity contribution >= 4 is 27.5 Å². The number of sulfonamides is 1. The molecule has 0 bridgehead atoms. The average molecular weight is 576 g/mol. The maximum absolute atomic E-state index is 14.2. The number of hydrogen-bond donors (Lipinski definition) is 1. The summed E-state index contributed by atoms with van der Waals surface area (Å²) < 4.78 is 27.0. The Balaban J connectivity index is 1.69. The van der Waals surface area contributed by atoms with Crippen LogP contribution in [-0.2, 0) is 39.0 Å². The predicted molar refractivity (Wildman–Crippen MR) is 164 cm³/mol. The van der Waals surface area contributed by atoms with Crippen LogP contribution in [0.5, 0.6) is 0 Å². The molecule has 218 valence electrons. The highest BCUT2D eigenvalue weighted by atomic mass is 32.2. The van der Waals surface area contributed by atoms with Gasteiger partial charge in [0.05, 0.1) is 11.9 Å². The summed E-state index contributed by atoms with van der Waals surface area (Å²) in [4.78, 5) is 29.7. The minimum atomic E-state index is -3.78. The molecule has 1 fully saturated rings. The molecule has 1 aliphatic carbocycles. The molecular formula is C33H41N3O4S. The van der Waals surface area contributed by atoms with Gasteiger partial charge in [-0.2, -0.15) is 0 Å². The molecule has 8 heteroatoms. The van der Waals surface area contributed by atoms with E-state index in [-0.39, 0.29) is 18.5 Å². The topological polar surface area (TPSA) is 86.8 Å². The van der Waals surface area contributed by atoms with Crippen LogP contribution in [0.2, 0.25) is 0 Å². The van der Waals surface area contributed by atoms with Crippen LogP contribution < -0.4 is 9.62 Å². The number of carbonyl (C=O) groups excluding carboxylic acids is 2. The van der Waals surface area contributed by atoms with Gasteiger partial charge in [0.2, 0.25) is 21.8 Å². The number of anilines is 1. The normalized spacial score (nSPS) is 14.7. The van der Waals surface area contributed by atoms with E-state index in [2.05, 4.69) is 5.32 Å². The van der Waals surface area contributed by atoms with Gasteiger partial charge in [-0.05, 0) is 48.1 Å². The largest absolute Gasteiger partial charge is 0.352 e. The fourth-order valence-electron chi connectivity index (χ4n) is 5.39. The molecule has 2 amide bonds. The van der Waals surface area contributed by atoms with E-state index in [9.17, 15) is 18.0 Å². The third-order valence-corrected chi connectivity index (χ3v) is 8.87. The first-order chi connectivity index (χ1) is 19.7. The van der Waals surface area contributed by atoms with Crippen molar-refractivity contribution in [3.63, 3.8) is 0 Å². The molecule has 1 N–H and O–H groups in total. The number of nitrogens with one attached hydrogen (secondary N) is 1. The number of nitrogens with zero attached hydrogens (tertiary/aromatic N) is 2. The molecule has 0 unspecified atom stereocenters. The van der Waals surface area contributed by atoms with E-state index in [4.69, 9.17) is 0 Å². The summed E-state index contributed by atoms with van der Waals surface area (Å²) in [5.41, 5.74) is 3.28. The maximum Gasteiger partial charge on any atom is 0.244 e. The molecular weight excluding hydrogens is 534 g/mol. The minimum absolute atomic E-state index is 0.0767. The molecule has 4 rings (SSSR count). The fraction of sp³-hybridized carbons (Fsp3) is 0.394. The molecule has 0 heterocycles. The Hall–Kier alpha value is -3.65. The van der Waals surface area contributed by atoms with Crippen LogP contribution in [0.25, 0.3) is 0 Å². The molecule has 0 aromatic heterocycles. The summed E-state index contributed by atoms with van der Waals surface area (Å²) in [5, 5.41) is 3.22. The first-order valence-corrected chi connectivity index (χ1v) is 16.3. The van der Waals surface area contributed by atoms with E-state index < -0.39 is 28.5 Å². The second kappa shape index (κ2) is 14.3. The van der Waals surface area contributed by atoms with Crippen molar-refractivity contribution in [2.45, 2.75) is 70.5 Å². The minimum Gasteiger partial charge on any atom is -0.352 e. The summed E-state index contributed by atoms with van der Waals surface area (Å²) >= 11 is 0. The molecule has 0 aliphatic heterocycles. The zero-order chi connectivity index (χ0) is 29.2. The van der Waals surface area contributed by atoms with Gasteiger partial charge >= 0.3 is 0 Å². The maximum atomic E-state index is 14.2. The Bertz CT molecular complexity index is 1370. The van der Waals surface area contributed by atoms with Crippen molar-refractivity contribution in [2.75, 3.05) is 17.1 Å². The van der Waals surface area contributed by atoms with Gasteiger partial charge in [0, 0.05) is 19.0 Å². The van der Waals surface area contributed by atoms with Gasteiger partial charge in [0.25, 0.3) is 0 Å². The van der Waals surface area contributed by atoms with Crippen molar-refractivity contribution in [1.82, 2.24) is 10.2 Å². The van der Waals surface area contributed by atoms with Gasteiger partial charge < -0.3 is 10.2 Å². The summed E-state index contributed by atoms with van der Waals surface area (Å²) in [6.45, 7) is 1.81. The van der Waals surface area contributed by atoms with Crippen LogP contribution in [0.15, 0.2) is 84.9 Å². The Morgan fingerprint density at radius 1 is 0.829 bits per heavy atom. The van der Waals surface area contributed by atoms with Gasteiger partial charge in [-0.15, -0.1) is 0 Å². The average Bonchev–Trinajstić information content (AvgIpc) is 2.98. The van der Waals surface area contributed by atoms with Crippen LogP contribution in [0.3, 0.4) is 0 Å². The third-order valence-electron chi connectivity index (χ3n) is 7.73. The van der Waals surface area contributed by atoms with E-state index in [1.807, 2.05) is 79.7 Å². The lowest BCUT2D eigenvalue weighted by Crippen LogP contribution is -2.55. The molecule has 7 nitrogen and oxygen atoms in total. The molecule has 0 saturated heterocycles. The van der Waals surface area contributed by atoms with E-state index in [1.165, 1.54) is 6.42 Å². The second-order valence-corrected chi connectivity index (χ2v) is 12.8. The van der Waals surface area contributed by atoms with Gasteiger partial charge in [0.1, 0.15) is 12.6 Å². The monoisotopic (exact) mass is 575 g/mol. The Kier molecular flexibility index (Phi) is 10.6. The number of hydrogen-bond acceptors (Lipinski definition) is 4. The van der Waals surface area contributed by atoms with Crippen LogP contribution in [0.1, 0.15) is 55.7 Å².